The van der Waals surface area contributed by atoms with Crippen LogP contribution in [0.1, 0.15) is 18.0 Å². The van der Waals surface area contributed by atoms with Crippen molar-refractivity contribution in [3.63, 3.8) is 0 Å². The topological polar surface area (TPSA) is 84.6 Å². The van der Waals surface area contributed by atoms with Gasteiger partial charge in [0.15, 0.2) is 0 Å². The van der Waals surface area contributed by atoms with Crippen molar-refractivity contribution in [1.29, 1.82) is 0 Å². The highest BCUT2D eigenvalue weighted by molar-refractivity contribution is 6.42. The number of carbonyl (C=O) groups is 1. The van der Waals surface area contributed by atoms with E-state index in [4.69, 9.17) is 33.7 Å². The molecule has 0 aliphatic carbocycles. The minimum Gasteiger partial charge on any atom is -0.508 e. The minimum absolute atomic E-state index is 0.0295. The molecule has 21 heavy (non-hydrogen) atoms. The molecule has 0 aromatic heterocycles. The highest BCUT2D eigenvalue weighted by atomic mass is 35.5. The zero-order valence-corrected chi connectivity index (χ0v) is 13.1. The number of phenols is 1. The Morgan fingerprint density at radius 3 is 2.90 bits per heavy atom. The molecule has 1 unspecified atom stereocenters. The summed E-state index contributed by atoms with van der Waals surface area (Å²) in [5.74, 6) is -0.634. The summed E-state index contributed by atoms with van der Waals surface area (Å²) >= 11 is 12.2. The molecule has 1 fully saturated rings. The second-order valence-corrected chi connectivity index (χ2v) is 6.00. The summed E-state index contributed by atoms with van der Waals surface area (Å²) in [7, 11) is 1.54. The van der Waals surface area contributed by atoms with Gasteiger partial charge in [0.05, 0.1) is 22.6 Å². The van der Waals surface area contributed by atoms with Crippen LogP contribution in [0.15, 0.2) is 12.1 Å². The molecule has 1 amide bonds. The third kappa shape index (κ3) is 3.43. The number of carbonyl (C=O) groups excluding carboxylic acids is 1. The molecule has 5 nitrogen and oxygen atoms in total. The van der Waals surface area contributed by atoms with Crippen molar-refractivity contribution in [2.45, 2.75) is 12.5 Å². The van der Waals surface area contributed by atoms with E-state index < -0.39 is 0 Å². The summed E-state index contributed by atoms with van der Waals surface area (Å²) in [4.78, 5) is 11.5. The van der Waals surface area contributed by atoms with E-state index in [0.29, 0.717) is 28.6 Å². The van der Waals surface area contributed by atoms with E-state index in [2.05, 4.69) is 5.32 Å². The molecule has 1 aromatic carbocycles. The molecule has 1 aliphatic rings. The van der Waals surface area contributed by atoms with Crippen LogP contribution < -0.4 is 11.1 Å². The van der Waals surface area contributed by atoms with Crippen LogP contribution in [-0.2, 0) is 9.53 Å². The predicted molar refractivity (Wildman–Crippen MR) is 81.5 cm³/mol. The second kappa shape index (κ2) is 6.83. The van der Waals surface area contributed by atoms with Crippen molar-refractivity contribution in [2.24, 2.45) is 17.6 Å². The minimum atomic E-state index is -0.384. The largest absolute Gasteiger partial charge is 0.508 e. The Morgan fingerprint density at radius 2 is 2.29 bits per heavy atom. The maximum atomic E-state index is 11.5. The fraction of sp³-hybridized carbons (Fsp3) is 0.500. The van der Waals surface area contributed by atoms with Crippen LogP contribution in [0.25, 0.3) is 0 Å². The van der Waals surface area contributed by atoms with Gasteiger partial charge in [0.2, 0.25) is 5.91 Å². The third-order valence-electron chi connectivity index (χ3n) is 3.90. The van der Waals surface area contributed by atoms with Gasteiger partial charge in [-0.3, -0.25) is 4.79 Å². The maximum absolute atomic E-state index is 11.5. The molecular weight excluding hydrogens is 315 g/mol. The van der Waals surface area contributed by atoms with E-state index in [1.54, 1.807) is 6.07 Å². The maximum Gasteiger partial charge on any atom is 0.223 e. The second-order valence-electron chi connectivity index (χ2n) is 5.21. The van der Waals surface area contributed by atoms with Crippen LogP contribution in [-0.4, -0.2) is 31.3 Å². The number of aromatic hydroxyl groups is 1. The molecule has 4 N–H and O–H groups in total. The van der Waals surface area contributed by atoms with Gasteiger partial charge in [0, 0.05) is 18.7 Å². The van der Waals surface area contributed by atoms with E-state index in [-0.39, 0.29) is 36.1 Å². The monoisotopic (exact) mass is 332 g/mol. The molecule has 0 saturated carbocycles. The highest BCUT2D eigenvalue weighted by Crippen LogP contribution is 2.41. The number of ether oxygens (including phenoxy) is 1. The fourth-order valence-electron chi connectivity index (χ4n) is 2.81. The number of methoxy groups -OCH3 is 1. The molecule has 7 heteroatoms. The van der Waals surface area contributed by atoms with Gasteiger partial charge in [-0.1, -0.05) is 23.2 Å². The first kappa shape index (κ1) is 16.4. The summed E-state index contributed by atoms with van der Waals surface area (Å²) in [6, 6.07) is 2.89. The number of amides is 1. The molecule has 116 valence electrons. The Hall–Kier alpha value is -1.01. The average Bonchev–Trinajstić information content (AvgIpc) is 2.89. The first-order valence-electron chi connectivity index (χ1n) is 6.64. The number of benzene rings is 1. The Bertz CT molecular complexity index is 539. The zero-order chi connectivity index (χ0) is 15.6. The van der Waals surface area contributed by atoms with E-state index in [9.17, 15) is 9.90 Å². The SMILES string of the molecule is COCC(C(N)=O)[C@H]1CN[C@@H](c2c(O)ccc(Cl)c2Cl)C1. The van der Waals surface area contributed by atoms with Crippen molar-refractivity contribution >= 4 is 29.1 Å². The van der Waals surface area contributed by atoms with Crippen molar-refractivity contribution < 1.29 is 14.6 Å². The number of phenolic OH excluding ortho intramolecular Hbond substituents is 1. The smallest absolute Gasteiger partial charge is 0.223 e. The lowest BCUT2D eigenvalue weighted by Gasteiger charge is -2.19. The van der Waals surface area contributed by atoms with Gasteiger partial charge in [-0.25, -0.2) is 0 Å². The molecule has 1 aliphatic heterocycles. The number of halogens is 2. The molecule has 0 bridgehead atoms. The highest BCUT2D eigenvalue weighted by Gasteiger charge is 2.36. The number of rotatable bonds is 5. The van der Waals surface area contributed by atoms with Gasteiger partial charge in [-0.15, -0.1) is 0 Å². The fourth-order valence-corrected chi connectivity index (χ4v) is 3.26. The lowest BCUT2D eigenvalue weighted by molar-refractivity contribution is -0.125. The van der Waals surface area contributed by atoms with Gasteiger partial charge in [0.1, 0.15) is 5.75 Å². The molecule has 0 spiro atoms. The van der Waals surface area contributed by atoms with Gasteiger partial charge in [0.25, 0.3) is 0 Å². The summed E-state index contributed by atoms with van der Waals surface area (Å²) in [5, 5.41) is 14.0. The molecular formula is C14H18Cl2N2O3. The van der Waals surface area contributed by atoms with Gasteiger partial charge >= 0.3 is 0 Å². The summed E-state index contributed by atoms with van der Waals surface area (Å²) < 4.78 is 5.06. The molecule has 3 atom stereocenters. The van der Waals surface area contributed by atoms with Crippen LogP contribution in [0.2, 0.25) is 10.0 Å². The van der Waals surface area contributed by atoms with Crippen LogP contribution in [0.4, 0.5) is 0 Å². The van der Waals surface area contributed by atoms with Gasteiger partial charge in [-0.05, 0) is 31.0 Å². The van der Waals surface area contributed by atoms with E-state index in [0.717, 1.165) is 0 Å². The number of hydrogen-bond acceptors (Lipinski definition) is 4. The van der Waals surface area contributed by atoms with Gasteiger partial charge < -0.3 is 20.9 Å². The quantitative estimate of drug-likeness (QED) is 0.770. The van der Waals surface area contributed by atoms with Crippen molar-refractivity contribution in [3.05, 3.63) is 27.7 Å². The third-order valence-corrected chi connectivity index (χ3v) is 4.72. The van der Waals surface area contributed by atoms with Crippen molar-refractivity contribution in [2.75, 3.05) is 20.3 Å². The van der Waals surface area contributed by atoms with Crippen molar-refractivity contribution in [1.82, 2.24) is 5.32 Å². The summed E-state index contributed by atoms with van der Waals surface area (Å²) in [6.07, 6.45) is 0.630. The van der Waals surface area contributed by atoms with Crippen LogP contribution in [0.5, 0.6) is 5.75 Å². The number of primary amides is 1. The Morgan fingerprint density at radius 1 is 1.57 bits per heavy atom. The van der Waals surface area contributed by atoms with E-state index >= 15 is 0 Å². The Balaban J connectivity index is 2.19. The first-order chi connectivity index (χ1) is 9.95. The molecule has 2 rings (SSSR count). The zero-order valence-electron chi connectivity index (χ0n) is 11.6. The normalized spacial score (nSPS) is 23.2. The summed E-state index contributed by atoms with van der Waals surface area (Å²) in [6.45, 7) is 0.883. The van der Waals surface area contributed by atoms with Crippen LogP contribution in [0, 0.1) is 11.8 Å². The van der Waals surface area contributed by atoms with E-state index in [1.807, 2.05) is 0 Å². The number of nitrogens with one attached hydrogen (secondary N) is 1. The van der Waals surface area contributed by atoms with E-state index in [1.165, 1.54) is 13.2 Å². The predicted octanol–water partition coefficient (Wildman–Crippen LogP) is 2.10. The number of hydrogen-bond donors (Lipinski definition) is 3. The Kier molecular flexibility index (Phi) is 5.32. The summed E-state index contributed by atoms with van der Waals surface area (Å²) in [5.41, 5.74) is 5.99. The average molecular weight is 333 g/mol. The Labute approximate surface area is 133 Å². The molecule has 1 heterocycles. The van der Waals surface area contributed by atoms with Crippen molar-refractivity contribution in [3.8, 4) is 5.75 Å². The van der Waals surface area contributed by atoms with Gasteiger partial charge in [-0.2, -0.15) is 0 Å². The molecule has 0 radical (unpaired) electrons. The van der Waals surface area contributed by atoms with Crippen LogP contribution in [0.3, 0.4) is 0 Å². The lowest BCUT2D eigenvalue weighted by Crippen LogP contribution is -2.34. The standard InChI is InChI=1S/C14H18Cl2N2O3/c1-21-6-8(14(17)20)7-4-10(18-5-7)12-11(19)3-2-9(15)13(12)16/h2-3,7-8,10,18-19H,4-6H2,1H3,(H2,17,20)/t7-,8?,10-/m1/s1. The molecule has 1 aromatic rings. The molecule has 1 saturated heterocycles. The number of nitrogens with two attached hydrogens (primary N) is 1. The first-order valence-corrected chi connectivity index (χ1v) is 7.39. The van der Waals surface area contributed by atoms with Crippen LogP contribution >= 0.6 is 23.2 Å². The lowest BCUT2D eigenvalue weighted by atomic mass is 9.88.